The molecule has 1 heterocycles. The zero-order valence-corrected chi connectivity index (χ0v) is 12.4. The Kier molecular flexibility index (Phi) is 4.43. The predicted molar refractivity (Wildman–Crippen MR) is 85.7 cm³/mol. The maximum absolute atomic E-state index is 10.8. The van der Waals surface area contributed by atoms with Crippen LogP contribution in [0.15, 0.2) is 71.1 Å². The minimum Gasteiger partial charge on any atom is -0.485 e. The molecule has 0 radical (unpaired) electrons. The maximum Gasteiger partial charge on any atom is 0.371 e. The molecule has 2 aromatic carbocycles. The van der Waals surface area contributed by atoms with Crippen LogP contribution in [-0.4, -0.2) is 11.1 Å². The lowest BCUT2D eigenvalue weighted by atomic mass is 10.0. The van der Waals surface area contributed by atoms with Gasteiger partial charge < -0.3 is 14.3 Å². The molecule has 0 atom stereocenters. The molecule has 0 aliphatic heterocycles. The number of rotatable bonds is 6. The molecule has 4 nitrogen and oxygen atoms in total. The van der Waals surface area contributed by atoms with Gasteiger partial charge in [-0.15, -0.1) is 0 Å². The fourth-order valence-electron chi connectivity index (χ4n) is 2.33. The van der Waals surface area contributed by atoms with Crippen LogP contribution in [0.5, 0.6) is 5.75 Å². The normalized spacial score (nSPS) is 10.4. The van der Waals surface area contributed by atoms with Crippen LogP contribution in [0.3, 0.4) is 0 Å². The fraction of sp³-hybridized carbons (Fsp3) is 0.105. The number of carbonyl (C=O) groups is 1. The number of aromatic carboxylic acids is 1. The van der Waals surface area contributed by atoms with Gasteiger partial charge in [0.2, 0.25) is 5.76 Å². The predicted octanol–water partition coefficient (Wildman–Crippen LogP) is 4.15. The van der Waals surface area contributed by atoms with Crippen molar-refractivity contribution in [2.24, 2.45) is 0 Å². The van der Waals surface area contributed by atoms with Gasteiger partial charge in [0.15, 0.2) is 0 Å². The molecule has 4 heteroatoms. The van der Waals surface area contributed by atoms with Gasteiger partial charge in [0.25, 0.3) is 0 Å². The molecule has 0 spiro atoms. The first-order valence-electron chi connectivity index (χ1n) is 7.29. The Labute approximate surface area is 134 Å². The van der Waals surface area contributed by atoms with E-state index in [1.54, 1.807) is 6.07 Å². The van der Waals surface area contributed by atoms with Crippen molar-refractivity contribution in [2.45, 2.75) is 13.0 Å². The Morgan fingerprint density at radius 1 is 0.957 bits per heavy atom. The summed E-state index contributed by atoms with van der Waals surface area (Å²) in [6, 6.07) is 21.0. The standard InChI is InChI=1S/C19H16O4/c20-19(21)18-11-10-16(23-18)13-22-17-9-5-4-8-15(17)12-14-6-2-1-3-7-14/h1-11H,12-13H2,(H,20,21). The second kappa shape index (κ2) is 6.83. The largest absolute Gasteiger partial charge is 0.485 e. The summed E-state index contributed by atoms with van der Waals surface area (Å²) >= 11 is 0. The van der Waals surface area contributed by atoms with Gasteiger partial charge in [-0.2, -0.15) is 0 Å². The van der Waals surface area contributed by atoms with Gasteiger partial charge in [0.05, 0.1) is 0 Å². The number of benzene rings is 2. The lowest BCUT2D eigenvalue weighted by Crippen LogP contribution is -1.99. The number of hydrogen-bond acceptors (Lipinski definition) is 3. The van der Waals surface area contributed by atoms with Gasteiger partial charge in [0, 0.05) is 6.42 Å². The van der Waals surface area contributed by atoms with E-state index in [1.807, 2.05) is 42.5 Å². The van der Waals surface area contributed by atoms with E-state index < -0.39 is 5.97 Å². The van der Waals surface area contributed by atoms with Crippen LogP contribution in [0.4, 0.5) is 0 Å². The number of hydrogen-bond donors (Lipinski definition) is 1. The molecular formula is C19H16O4. The molecule has 0 aliphatic rings. The van der Waals surface area contributed by atoms with Crippen LogP contribution in [0.25, 0.3) is 0 Å². The van der Waals surface area contributed by atoms with E-state index >= 15 is 0 Å². The molecule has 116 valence electrons. The van der Waals surface area contributed by atoms with Crippen molar-refractivity contribution in [2.75, 3.05) is 0 Å². The first-order valence-corrected chi connectivity index (χ1v) is 7.29. The Balaban J connectivity index is 1.71. The molecule has 0 fully saturated rings. The first-order chi connectivity index (χ1) is 11.2. The lowest BCUT2D eigenvalue weighted by molar-refractivity contribution is 0.0658. The van der Waals surface area contributed by atoms with Crippen LogP contribution >= 0.6 is 0 Å². The topological polar surface area (TPSA) is 59.7 Å². The zero-order valence-electron chi connectivity index (χ0n) is 12.4. The Bertz CT molecular complexity index is 790. The van der Waals surface area contributed by atoms with Crippen molar-refractivity contribution < 1.29 is 19.1 Å². The third kappa shape index (κ3) is 3.80. The smallest absolute Gasteiger partial charge is 0.371 e. The van der Waals surface area contributed by atoms with E-state index in [0.29, 0.717) is 5.76 Å². The Morgan fingerprint density at radius 3 is 2.43 bits per heavy atom. The number of para-hydroxylation sites is 1. The quantitative estimate of drug-likeness (QED) is 0.743. The second-order valence-electron chi connectivity index (χ2n) is 5.13. The highest BCUT2D eigenvalue weighted by molar-refractivity contribution is 5.84. The summed E-state index contributed by atoms with van der Waals surface area (Å²) in [5, 5.41) is 8.86. The summed E-state index contributed by atoms with van der Waals surface area (Å²) in [6.45, 7) is 0.194. The molecule has 1 N–H and O–H groups in total. The third-order valence-electron chi connectivity index (χ3n) is 3.45. The van der Waals surface area contributed by atoms with E-state index in [9.17, 15) is 4.79 Å². The van der Waals surface area contributed by atoms with Crippen LogP contribution in [-0.2, 0) is 13.0 Å². The van der Waals surface area contributed by atoms with E-state index in [2.05, 4.69) is 12.1 Å². The summed E-state index contributed by atoms with van der Waals surface area (Å²) in [5.74, 6) is 0.0865. The third-order valence-corrected chi connectivity index (χ3v) is 3.45. The summed E-state index contributed by atoms with van der Waals surface area (Å²) in [4.78, 5) is 10.8. The highest BCUT2D eigenvalue weighted by atomic mass is 16.5. The van der Waals surface area contributed by atoms with Gasteiger partial charge in [0.1, 0.15) is 18.1 Å². The van der Waals surface area contributed by atoms with Crippen molar-refractivity contribution >= 4 is 5.97 Å². The molecule has 1 aromatic heterocycles. The van der Waals surface area contributed by atoms with Crippen molar-refractivity contribution in [3.63, 3.8) is 0 Å². The summed E-state index contributed by atoms with van der Waals surface area (Å²) in [7, 11) is 0. The zero-order chi connectivity index (χ0) is 16.1. The summed E-state index contributed by atoms with van der Waals surface area (Å²) in [6.07, 6.45) is 0.773. The molecule has 3 rings (SSSR count). The average molecular weight is 308 g/mol. The monoisotopic (exact) mass is 308 g/mol. The van der Waals surface area contributed by atoms with Crippen molar-refractivity contribution in [3.8, 4) is 5.75 Å². The van der Waals surface area contributed by atoms with Crippen LogP contribution in [0.2, 0.25) is 0 Å². The van der Waals surface area contributed by atoms with Gasteiger partial charge in [-0.25, -0.2) is 4.79 Å². The van der Waals surface area contributed by atoms with E-state index in [4.69, 9.17) is 14.3 Å². The van der Waals surface area contributed by atoms with Crippen molar-refractivity contribution in [1.29, 1.82) is 0 Å². The Hall–Kier alpha value is -3.01. The molecule has 0 amide bonds. The van der Waals surface area contributed by atoms with Gasteiger partial charge in [-0.1, -0.05) is 48.5 Å². The molecule has 0 unspecified atom stereocenters. The molecule has 23 heavy (non-hydrogen) atoms. The van der Waals surface area contributed by atoms with Crippen molar-refractivity contribution in [1.82, 2.24) is 0 Å². The molecule has 0 saturated carbocycles. The molecule has 0 saturated heterocycles. The summed E-state index contributed by atoms with van der Waals surface area (Å²) in [5.41, 5.74) is 2.28. The number of furan rings is 1. The van der Waals surface area contributed by atoms with Gasteiger partial charge in [-0.05, 0) is 29.3 Å². The lowest BCUT2D eigenvalue weighted by Gasteiger charge is -2.10. The number of carboxylic acids is 1. The second-order valence-corrected chi connectivity index (χ2v) is 5.13. The van der Waals surface area contributed by atoms with E-state index in [1.165, 1.54) is 11.6 Å². The molecule has 3 aromatic rings. The first kappa shape index (κ1) is 14.9. The van der Waals surface area contributed by atoms with Crippen LogP contribution < -0.4 is 4.74 Å². The SMILES string of the molecule is O=C(O)c1ccc(COc2ccccc2Cc2ccccc2)o1. The van der Waals surface area contributed by atoms with E-state index in [-0.39, 0.29) is 12.4 Å². The summed E-state index contributed by atoms with van der Waals surface area (Å²) < 4.78 is 11.0. The molecular weight excluding hydrogens is 292 g/mol. The average Bonchev–Trinajstić information content (AvgIpc) is 3.04. The highest BCUT2D eigenvalue weighted by Gasteiger charge is 2.10. The van der Waals surface area contributed by atoms with Gasteiger partial charge >= 0.3 is 5.97 Å². The van der Waals surface area contributed by atoms with Gasteiger partial charge in [-0.3, -0.25) is 0 Å². The molecule has 0 aliphatic carbocycles. The highest BCUT2D eigenvalue weighted by Crippen LogP contribution is 2.23. The number of ether oxygens (including phenoxy) is 1. The van der Waals surface area contributed by atoms with E-state index in [0.717, 1.165) is 17.7 Å². The minimum absolute atomic E-state index is 0.0822. The molecule has 0 bridgehead atoms. The van der Waals surface area contributed by atoms with Crippen LogP contribution in [0.1, 0.15) is 27.4 Å². The van der Waals surface area contributed by atoms with Crippen molar-refractivity contribution in [3.05, 3.63) is 89.4 Å². The Morgan fingerprint density at radius 2 is 1.70 bits per heavy atom. The minimum atomic E-state index is -1.08. The maximum atomic E-state index is 10.8. The fourth-order valence-corrected chi connectivity index (χ4v) is 2.33. The number of carboxylic acid groups (broad SMARTS) is 1. The van der Waals surface area contributed by atoms with Crippen LogP contribution in [0, 0.1) is 0 Å².